The first-order chi connectivity index (χ1) is 7.75. The third kappa shape index (κ3) is 2.94. The Hall–Kier alpha value is -1.11. The molecule has 16 heavy (non-hydrogen) atoms. The molecule has 1 aromatic carbocycles. The first-order valence-electron chi connectivity index (χ1n) is 6.37. The standard InChI is InChI=1S/C15H21N/c1-12(2)6-5-9-15-10-13-7-3-4-8-14(13)11-16-15/h3-4,7-8,11-12,15H,5-6,9-10H2,1-2H3. The molecule has 1 nitrogen and oxygen atoms in total. The summed E-state index contributed by atoms with van der Waals surface area (Å²) in [5, 5.41) is 0. The highest BCUT2D eigenvalue weighted by Gasteiger charge is 2.13. The van der Waals surface area contributed by atoms with Crippen LogP contribution >= 0.6 is 0 Å². The van der Waals surface area contributed by atoms with Gasteiger partial charge in [0.05, 0.1) is 6.04 Å². The van der Waals surface area contributed by atoms with Crippen LogP contribution in [0.4, 0.5) is 0 Å². The molecule has 0 bridgehead atoms. The molecule has 0 saturated heterocycles. The first-order valence-corrected chi connectivity index (χ1v) is 6.37. The van der Waals surface area contributed by atoms with Gasteiger partial charge in [0.25, 0.3) is 0 Å². The normalized spacial score (nSPS) is 18.8. The third-order valence-corrected chi connectivity index (χ3v) is 3.25. The Balaban J connectivity index is 1.88. The van der Waals surface area contributed by atoms with Gasteiger partial charge in [0, 0.05) is 6.21 Å². The smallest absolute Gasteiger partial charge is 0.0540 e. The second-order valence-electron chi connectivity index (χ2n) is 5.16. The number of hydrogen-bond acceptors (Lipinski definition) is 1. The lowest BCUT2D eigenvalue weighted by Crippen LogP contribution is -2.15. The van der Waals surface area contributed by atoms with Crippen LogP contribution < -0.4 is 0 Å². The number of nitrogens with zero attached hydrogens (tertiary/aromatic N) is 1. The van der Waals surface area contributed by atoms with Crippen molar-refractivity contribution in [3.05, 3.63) is 35.4 Å². The lowest BCUT2D eigenvalue weighted by Gasteiger charge is -2.18. The Morgan fingerprint density at radius 3 is 2.94 bits per heavy atom. The molecule has 1 aromatic rings. The molecule has 0 saturated carbocycles. The average Bonchev–Trinajstić information content (AvgIpc) is 2.28. The van der Waals surface area contributed by atoms with E-state index in [-0.39, 0.29) is 0 Å². The van der Waals surface area contributed by atoms with Gasteiger partial charge in [0.2, 0.25) is 0 Å². The van der Waals surface area contributed by atoms with E-state index in [0.29, 0.717) is 6.04 Å². The van der Waals surface area contributed by atoms with E-state index in [1.807, 2.05) is 0 Å². The van der Waals surface area contributed by atoms with Crippen LogP contribution in [0.25, 0.3) is 0 Å². The molecule has 0 N–H and O–H groups in total. The van der Waals surface area contributed by atoms with Crippen molar-refractivity contribution >= 4 is 6.21 Å². The summed E-state index contributed by atoms with van der Waals surface area (Å²) in [6.45, 7) is 4.58. The van der Waals surface area contributed by atoms with Gasteiger partial charge in [-0.05, 0) is 29.9 Å². The van der Waals surface area contributed by atoms with Crippen molar-refractivity contribution in [3.63, 3.8) is 0 Å². The summed E-state index contributed by atoms with van der Waals surface area (Å²) in [6.07, 6.45) is 7.06. The molecule has 0 radical (unpaired) electrons. The lowest BCUT2D eigenvalue weighted by molar-refractivity contribution is 0.496. The van der Waals surface area contributed by atoms with E-state index in [4.69, 9.17) is 0 Å². The van der Waals surface area contributed by atoms with E-state index in [1.165, 1.54) is 30.4 Å². The molecule has 0 fully saturated rings. The summed E-state index contributed by atoms with van der Waals surface area (Å²) in [7, 11) is 0. The van der Waals surface area contributed by atoms with Crippen molar-refractivity contribution in [1.29, 1.82) is 0 Å². The number of hydrogen-bond donors (Lipinski definition) is 0. The maximum atomic E-state index is 4.64. The Bertz CT molecular complexity index is 365. The second-order valence-corrected chi connectivity index (χ2v) is 5.16. The fourth-order valence-corrected chi connectivity index (χ4v) is 2.28. The minimum atomic E-state index is 0.522. The SMILES string of the molecule is CC(C)CCCC1Cc2ccccc2C=N1. The Morgan fingerprint density at radius 2 is 2.12 bits per heavy atom. The van der Waals surface area contributed by atoms with Gasteiger partial charge in [-0.2, -0.15) is 0 Å². The highest BCUT2D eigenvalue weighted by molar-refractivity contribution is 5.83. The van der Waals surface area contributed by atoms with Crippen LogP contribution in [0, 0.1) is 5.92 Å². The molecule has 0 amide bonds. The van der Waals surface area contributed by atoms with E-state index in [1.54, 1.807) is 0 Å². The van der Waals surface area contributed by atoms with Gasteiger partial charge in [-0.15, -0.1) is 0 Å². The maximum absolute atomic E-state index is 4.64. The van der Waals surface area contributed by atoms with Gasteiger partial charge in [-0.3, -0.25) is 4.99 Å². The van der Waals surface area contributed by atoms with Gasteiger partial charge in [0.1, 0.15) is 0 Å². The number of fused-ring (bicyclic) bond motifs is 1. The molecule has 1 atom stereocenters. The highest BCUT2D eigenvalue weighted by atomic mass is 14.8. The minimum Gasteiger partial charge on any atom is -0.289 e. The van der Waals surface area contributed by atoms with E-state index in [9.17, 15) is 0 Å². The molecular weight excluding hydrogens is 194 g/mol. The average molecular weight is 215 g/mol. The van der Waals surface area contributed by atoms with Gasteiger partial charge in [-0.25, -0.2) is 0 Å². The van der Waals surface area contributed by atoms with Crippen LogP contribution in [-0.4, -0.2) is 12.3 Å². The van der Waals surface area contributed by atoms with Crippen LogP contribution in [-0.2, 0) is 6.42 Å². The zero-order valence-electron chi connectivity index (χ0n) is 10.3. The predicted molar refractivity (Wildman–Crippen MR) is 70.2 cm³/mol. The highest BCUT2D eigenvalue weighted by Crippen LogP contribution is 2.20. The van der Waals surface area contributed by atoms with Crippen LogP contribution in [0.5, 0.6) is 0 Å². The molecule has 86 valence electrons. The number of aliphatic imine (C=N–C) groups is 1. The van der Waals surface area contributed by atoms with Crippen molar-refractivity contribution in [2.75, 3.05) is 0 Å². The second kappa shape index (κ2) is 5.29. The molecule has 1 heteroatoms. The molecule has 1 unspecified atom stereocenters. The zero-order valence-corrected chi connectivity index (χ0v) is 10.3. The van der Waals surface area contributed by atoms with Crippen LogP contribution in [0.1, 0.15) is 44.2 Å². The fraction of sp³-hybridized carbons (Fsp3) is 0.533. The molecule has 0 aromatic heterocycles. The molecule has 2 rings (SSSR count). The topological polar surface area (TPSA) is 12.4 Å². The largest absolute Gasteiger partial charge is 0.289 e. The van der Waals surface area contributed by atoms with E-state index in [2.05, 4.69) is 49.3 Å². The summed E-state index contributed by atoms with van der Waals surface area (Å²) in [6, 6.07) is 9.13. The van der Waals surface area contributed by atoms with Gasteiger partial charge >= 0.3 is 0 Å². The summed E-state index contributed by atoms with van der Waals surface area (Å²) >= 11 is 0. The molecule has 1 aliphatic rings. The van der Waals surface area contributed by atoms with Crippen molar-refractivity contribution in [3.8, 4) is 0 Å². The summed E-state index contributed by atoms with van der Waals surface area (Å²) in [5.41, 5.74) is 2.77. The van der Waals surface area contributed by atoms with Crippen LogP contribution in [0.2, 0.25) is 0 Å². The van der Waals surface area contributed by atoms with E-state index < -0.39 is 0 Å². The third-order valence-electron chi connectivity index (χ3n) is 3.25. The number of benzene rings is 1. The Morgan fingerprint density at radius 1 is 1.31 bits per heavy atom. The van der Waals surface area contributed by atoms with Crippen molar-refractivity contribution < 1.29 is 0 Å². The molecule has 1 aliphatic heterocycles. The fourth-order valence-electron chi connectivity index (χ4n) is 2.28. The quantitative estimate of drug-likeness (QED) is 0.723. The minimum absolute atomic E-state index is 0.522. The van der Waals surface area contributed by atoms with Crippen LogP contribution in [0.3, 0.4) is 0 Å². The van der Waals surface area contributed by atoms with Crippen molar-refractivity contribution in [2.45, 2.75) is 45.6 Å². The Kier molecular flexibility index (Phi) is 3.76. The first kappa shape index (κ1) is 11.4. The maximum Gasteiger partial charge on any atom is 0.0540 e. The van der Waals surface area contributed by atoms with E-state index in [0.717, 1.165) is 12.3 Å². The van der Waals surface area contributed by atoms with Gasteiger partial charge < -0.3 is 0 Å². The number of rotatable bonds is 4. The monoisotopic (exact) mass is 215 g/mol. The lowest BCUT2D eigenvalue weighted by atomic mass is 9.94. The van der Waals surface area contributed by atoms with Gasteiger partial charge in [-0.1, -0.05) is 51.0 Å². The molecular formula is C15H21N. The van der Waals surface area contributed by atoms with Crippen molar-refractivity contribution in [1.82, 2.24) is 0 Å². The predicted octanol–water partition coefficient (Wildman–Crippen LogP) is 3.86. The summed E-state index contributed by atoms with van der Waals surface area (Å²) in [5.74, 6) is 0.819. The Labute approximate surface area is 98.6 Å². The zero-order chi connectivity index (χ0) is 11.4. The van der Waals surface area contributed by atoms with Crippen molar-refractivity contribution in [2.24, 2.45) is 10.9 Å². The van der Waals surface area contributed by atoms with E-state index >= 15 is 0 Å². The molecule has 0 aliphatic carbocycles. The summed E-state index contributed by atoms with van der Waals surface area (Å²) < 4.78 is 0. The van der Waals surface area contributed by atoms with Crippen LogP contribution in [0.15, 0.2) is 29.3 Å². The molecule has 1 heterocycles. The molecule has 0 spiro atoms. The summed E-state index contributed by atoms with van der Waals surface area (Å²) in [4.78, 5) is 4.64. The van der Waals surface area contributed by atoms with Gasteiger partial charge in [0.15, 0.2) is 0 Å².